The number of hydrogen-bond acceptors (Lipinski definition) is 1. The lowest BCUT2D eigenvalue weighted by Gasteiger charge is -2.07. The molecule has 0 aliphatic heterocycles. The van der Waals surface area contributed by atoms with E-state index in [9.17, 15) is 8.78 Å². The highest BCUT2D eigenvalue weighted by Crippen LogP contribution is 2.19. The number of hydrogen-bond donors (Lipinski definition) is 1. The Morgan fingerprint density at radius 3 is 2.20 bits per heavy atom. The molecule has 0 radical (unpaired) electrons. The van der Waals surface area contributed by atoms with E-state index in [1.165, 1.54) is 17.2 Å². The van der Waals surface area contributed by atoms with E-state index in [1.54, 1.807) is 12.1 Å². The van der Waals surface area contributed by atoms with Crippen LogP contribution in [0.15, 0.2) is 48.5 Å². The zero-order valence-electron chi connectivity index (χ0n) is 11.6. The molecule has 0 fully saturated rings. The molecule has 106 valence electrons. The van der Waals surface area contributed by atoms with Gasteiger partial charge in [-0.05, 0) is 29.2 Å². The molecule has 0 unspecified atom stereocenters. The molecule has 1 N–H and O–H groups in total. The number of nitrogens with one attached hydrogen (secondary N) is 1. The van der Waals surface area contributed by atoms with Crippen LogP contribution < -0.4 is 5.32 Å². The summed E-state index contributed by atoms with van der Waals surface area (Å²) in [6, 6.07) is 15.0. The second-order valence-electron chi connectivity index (χ2n) is 4.82. The lowest BCUT2D eigenvalue weighted by Crippen LogP contribution is -2.12. The summed E-state index contributed by atoms with van der Waals surface area (Å²) in [7, 11) is 0. The Bertz CT molecular complexity index is 535. The van der Waals surface area contributed by atoms with Crippen LogP contribution in [-0.4, -0.2) is 0 Å². The molecule has 1 nitrogen and oxygen atoms in total. The van der Waals surface area contributed by atoms with Gasteiger partial charge in [0.2, 0.25) is 0 Å². The molecule has 0 saturated carbocycles. The monoisotopic (exact) mass is 275 g/mol. The number of halogens is 2. The van der Waals surface area contributed by atoms with Gasteiger partial charge in [0.1, 0.15) is 0 Å². The topological polar surface area (TPSA) is 12.0 Å². The smallest absolute Gasteiger partial charge is 0.263 e. The standard InChI is InChI=1S/C17H19F2N/c1-2-13-6-8-14(9-7-13)11-20-12-15-4-3-5-16(10-15)17(18)19/h3-10,17,20H,2,11-12H2,1H3. The van der Waals surface area contributed by atoms with Crippen LogP contribution in [0.3, 0.4) is 0 Å². The molecule has 0 aliphatic carbocycles. The van der Waals surface area contributed by atoms with Crippen molar-refractivity contribution < 1.29 is 8.78 Å². The highest BCUT2D eigenvalue weighted by Gasteiger charge is 2.06. The van der Waals surface area contributed by atoms with Crippen molar-refractivity contribution in [2.24, 2.45) is 0 Å². The molecule has 20 heavy (non-hydrogen) atoms. The summed E-state index contributed by atoms with van der Waals surface area (Å²) < 4.78 is 25.2. The summed E-state index contributed by atoms with van der Waals surface area (Å²) in [5.41, 5.74) is 3.48. The van der Waals surface area contributed by atoms with Gasteiger partial charge in [0, 0.05) is 18.7 Å². The maximum atomic E-state index is 12.6. The molecule has 0 heterocycles. The first-order valence-electron chi connectivity index (χ1n) is 6.84. The minimum Gasteiger partial charge on any atom is -0.309 e. The van der Waals surface area contributed by atoms with Crippen LogP contribution in [0.1, 0.15) is 35.6 Å². The van der Waals surface area contributed by atoms with Gasteiger partial charge in [0.25, 0.3) is 6.43 Å². The predicted molar refractivity (Wildman–Crippen MR) is 77.8 cm³/mol. The summed E-state index contributed by atoms with van der Waals surface area (Å²) >= 11 is 0. The molecule has 0 aliphatic rings. The molecule has 2 aromatic rings. The van der Waals surface area contributed by atoms with Crippen molar-refractivity contribution in [2.75, 3.05) is 0 Å². The summed E-state index contributed by atoms with van der Waals surface area (Å²) in [5, 5.41) is 3.28. The summed E-state index contributed by atoms with van der Waals surface area (Å²) in [6.45, 7) is 3.46. The Hall–Kier alpha value is -1.74. The van der Waals surface area contributed by atoms with Crippen molar-refractivity contribution in [2.45, 2.75) is 32.9 Å². The first kappa shape index (κ1) is 14.7. The van der Waals surface area contributed by atoms with Crippen LogP contribution in [-0.2, 0) is 19.5 Å². The van der Waals surface area contributed by atoms with Crippen LogP contribution in [0.5, 0.6) is 0 Å². The van der Waals surface area contributed by atoms with Crippen molar-refractivity contribution >= 4 is 0 Å². The van der Waals surface area contributed by atoms with Crippen molar-refractivity contribution in [3.05, 3.63) is 70.8 Å². The fourth-order valence-electron chi connectivity index (χ4n) is 2.08. The second kappa shape index (κ2) is 7.15. The van der Waals surface area contributed by atoms with Crippen LogP contribution in [0.4, 0.5) is 8.78 Å². The summed E-state index contributed by atoms with van der Waals surface area (Å²) in [4.78, 5) is 0. The SMILES string of the molecule is CCc1ccc(CNCc2cccc(C(F)F)c2)cc1. The van der Waals surface area contributed by atoms with Crippen molar-refractivity contribution in [1.29, 1.82) is 0 Å². The molecular weight excluding hydrogens is 256 g/mol. The van der Waals surface area contributed by atoms with Crippen molar-refractivity contribution in [1.82, 2.24) is 5.32 Å². The minimum absolute atomic E-state index is 0.0802. The average Bonchev–Trinajstić information content (AvgIpc) is 2.48. The number of aryl methyl sites for hydroxylation is 1. The van der Waals surface area contributed by atoms with Gasteiger partial charge in [-0.15, -0.1) is 0 Å². The molecule has 0 amide bonds. The lowest BCUT2D eigenvalue weighted by molar-refractivity contribution is 0.151. The maximum absolute atomic E-state index is 12.6. The first-order chi connectivity index (χ1) is 9.69. The maximum Gasteiger partial charge on any atom is 0.263 e. The Kier molecular flexibility index (Phi) is 5.24. The molecule has 0 aromatic heterocycles. The highest BCUT2D eigenvalue weighted by atomic mass is 19.3. The normalized spacial score (nSPS) is 11.0. The van der Waals surface area contributed by atoms with Gasteiger partial charge >= 0.3 is 0 Å². The Morgan fingerprint density at radius 1 is 0.900 bits per heavy atom. The van der Waals surface area contributed by atoms with Crippen LogP contribution in [0.2, 0.25) is 0 Å². The molecule has 0 saturated heterocycles. The third-order valence-corrected chi connectivity index (χ3v) is 3.29. The summed E-state index contributed by atoms with van der Waals surface area (Å²) in [5.74, 6) is 0. The van der Waals surface area contributed by atoms with Crippen molar-refractivity contribution in [3.63, 3.8) is 0 Å². The summed E-state index contributed by atoms with van der Waals surface area (Å²) in [6.07, 6.45) is -1.37. The zero-order valence-corrected chi connectivity index (χ0v) is 11.6. The van der Waals surface area contributed by atoms with Gasteiger partial charge in [-0.2, -0.15) is 0 Å². The molecule has 0 spiro atoms. The fraction of sp³-hybridized carbons (Fsp3) is 0.294. The molecule has 2 rings (SSSR count). The van der Waals surface area contributed by atoms with E-state index in [0.29, 0.717) is 6.54 Å². The second-order valence-corrected chi connectivity index (χ2v) is 4.82. The predicted octanol–water partition coefficient (Wildman–Crippen LogP) is 4.48. The molecule has 3 heteroatoms. The van der Waals surface area contributed by atoms with Gasteiger partial charge in [-0.3, -0.25) is 0 Å². The van der Waals surface area contributed by atoms with E-state index in [-0.39, 0.29) is 5.56 Å². The average molecular weight is 275 g/mol. The van der Waals surface area contributed by atoms with Gasteiger partial charge in [-0.25, -0.2) is 8.78 Å². The van der Waals surface area contributed by atoms with Crippen LogP contribution in [0.25, 0.3) is 0 Å². The van der Waals surface area contributed by atoms with Gasteiger partial charge in [0.15, 0.2) is 0 Å². The Labute approximate surface area is 118 Å². The first-order valence-corrected chi connectivity index (χ1v) is 6.84. The van der Waals surface area contributed by atoms with Crippen LogP contribution >= 0.6 is 0 Å². The molecule has 2 aromatic carbocycles. The van der Waals surface area contributed by atoms with Crippen molar-refractivity contribution in [3.8, 4) is 0 Å². The van der Waals surface area contributed by atoms with E-state index < -0.39 is 6.43 Å². The van der Waals surface area contributed by atoms with Gasteiger partial charge in [0.05, 0.1) is 0 Å². The third-order valence-electron chi connectivity index (χ3n) is 3.29. The molecule has 0 atom stereocenters. The lowest BCUT2D eigenvalue weighted by atomic mass is 10.1. The zero-order chi connectivity index (χ0) is 14.4. The fourth-order valence-corrected chi connectivity index (χ4v) is 2.08. The van der Waals surface area contributed by atoms with E-state index >= 15 is 0 Å². The largest absolute Gasteiger partial charge is 0.309 e. The molecule has 0 bridgehead atoms. The Morgan fingerprint density at radius 2 is 1.55 bits per heavy atom. The van der Waals surface area contributed by atoms with E-state index in [1.807, 2.05) is 6.07 Å². The van der Waals surface area contributed by atoms with Gasteiger partial charge < -0.3 is 5.32 Å². The molecular formula is C17H19F2N. The number of alkyl halides is 2. The van der Waals surface area contributed by atoms with E-state index in [4.69, 9.17) is 0 Å². The number of rotatable bonds is 6. The number of benzene rings is 2. The van der Waals surface area contributed by atoms with Crippen LogP contribution in [0, 0.1) is 0 Å². The highest BCUT2D eigenvalue weighted by molar-refractivity contribution is 5.25. The van der Waals surface area contributed by atoms with Gasteiger partial charge in [-0.1, -0.05) is 49.4 Å². The van der Waals surface area contributed by atoms with E-state index in [2.05, 4.69) is 36.5 Å². The quantitative estimate of drug-likeness (QED) is 0.819. The third kappa shape index (κ3) is 4.14. The van der Waals surface area contributed by atoms with E-state index in [0.717, 1.165) is 18.5 Å². The minimum atomic E-state index is -2.41. The Balaban J connectivity index is 1.87.